The van der Waals surface area contributed by atoms with Crippen LogP contribution < -0.4 is 5.32 Å². The van der Waals surface area contributed by atoms with Gasteiger partial charge in [-0.25, -0.2) is 9.78 Å². The molecule has 0 radical (unpaired) electrons. The van der Waals surface area contributed by atoms with Crippen molar-refractivity contribution < 1.29 is 19.2 Å². The SMILES string of the molecule is COC(=O)N[C@H](C(=O)N1CCC[C@H]1c1ncc(-c2ccc([N+](=O)[O-])c(-c3ccc(-c4ccccc4)cc3)c2)[nH]1)C(C)C. The zero-order valence-electron chi connectivity index (χ0n) is 23.7. The van der Waals surface area contributed by atoms with Crippen molar-refractivity contribution in [1.29, 1.82) is 0 Å². The van der Waals surface area contributed by atoms with Crippen LogP contribution in [0.5, 0.6) is 0 Å². The van der Waals surface area contributed by atoms with Crippen LogP contribution in [0, 0.1) is 16.0 Å². The van der Waals surface area contributed by atoms with E-state index in [0.717, 1.165) is 35.1 Å². The molecule has 1 saturated heterocycles. The van der Waals surface area contributed by atoms with Crippen molar-refractivity contribution >= 4 is 17.7 Å². The molecule has 10 heteroatoms. The van der Waals surface area contributed by atoms with Gasteiger partial charge in [-0.15, -0.1) is 0 Å². The number of aromatic nitrogens is 2. The second kappa shape index (κ2) is 12.3. The highest BCUT2D eigenvalue weighted by atomic mass is 16.6. The lowest BCUT2D eigenvalue weighted by Crippen LogP contribution is -2.51. The molecule has 0 unspecified atom stereocenters. The molecular weight excluding hydrogens is 534 g/mol. The Balaban J connectivity index is 1.42. The summed E-state index contributed by atoms with van der Waals surface area (Å²) in [6.07, 6.45) is 2.56. The predicted molar refractivity (Wildman–Crippen MR) is 159 cm³/mol. The summed E-state index contributed by atoms with van der Waals surface area (Å²) in [5.41, 5.74) is 4.76. The van der Waals surface area contributed by atoms with Gasteiger partial charge in [-0.05, 0) is 47.6 Å². The van der Waals surface area contributed by atoms with Crippen molar-refractivity contribution in [2.24, 2.45) is 5.92 Å². The fraction of sp³-hybridized carbons (Fsp3) is 0.281. The fourth-order valence-electron chi connectivity index (χ4n) is 5.41. The van der Waals surface area contributed by atoms with Gasteiger partial charge in [0.1, 0.15) is 11.9 Å². The number of aromatic amines is 1. The summed E-state index contributed by atoms with van der Waals surface area (Å²) in [6.45, 7) is 4.29. The van der Waals surface area contributed by atoms with Gasteiger partial charge in [0.25, 0.3) is 5.69 Å². The quantitative estimate of drug-likeness (QED) is 0.188. The fourth-order valence-corrected chi connectivity index (χ4v) is 5.41. The number of carbonyl (C=O) groups excluding carboxylic acids is 2. The monoisotopic (exact) mass is 567 g/mol. The second-order valence-electron chi connectivity index (χ2n) is 10.7. The van der Waals surface area contributed by atoms with Gasteiger partial charge in [0.15, 0.2) is 0 Å². The molecule has 0 saturated carbocycles. The molecule has 5 rings (SSSR count). The van der Waals surface area contributed by atoms with E-state index in [1.54, 1.807) is 23.2 Å². The Kier molecular flexibility index (Phi) is 8.33. The van der Waals surface area contributed by atoms with E-state index in [1.165, 1.54) is 13.2 Å². The number of rotatable bonds is 8. The molecule has 1 aliphatic rings. The molecule has 3 aromatic carbocycles. The number of imidazole rings is 1. The highest BCUT2D eigenvalue weighted by molar-refractivity contribution is 5.86. The number of nitrogens with zero attached hydrogens (tertiary/aromatic N) is 3. The number of ether oxygens (including phenoxy) is 1. The van der Waals surface area contributed by atoms with E-state index in [2.05, 4.69) is 15.3 Å². The Morgan fingerprint density at radius 3 is 2.36 bits per heavy atom. The normalized spacial score (nSPS) is 15.4. The third kappa shape index (κ3) is 5.88. The Hall–Kier alpha value is -4.99. The van der Waals surface area contributed by atoms with Gasteiger partial charge >= 0.3 is 6.09 Å². The lowest BCUT2D eigenvalue weighted by atomic mass is 9.97. The molecule has 1 fully saturated rings. The highest BCUT2D eigenvalue weighted by Crippen LogP contribution is 2.36. The van der Waals surface area contributed by atoms with Gasteiger partial charge in [-0.2, -0.15) is 0 Å². The van der Waals surface area contributed by atoms with E-state index in [4.69, 9.17) is 4.74 Å². The minimum Gasteiger partial charge on any atom is -0.453 e. The molecule has 1 aliphatic heterocycles. The van der Waals surface area contributed by atoms with E-state index >= 15 is 0 Å². The number of nitrogens with one attached hydrogen (secondary N) is 2. The number of likely N-dealkylation sites (tertiary alicyclic amines) is 1. The van der Waals surface area contributed by atoms with Crippen molar-refractivity contribution in [3.8, 4) is 33.5 Å². The minimum atomic E-state index is -0.724. The van der Waals surface area contributed by atoms with Crippen LogP contribution in [0.4, 0.5) is 10.5 Å². The second-order valence-corrected chi connectivity index (χ2v) is 10.7. The number of hydrogen-bond donors (Lipinski definition) is 2. The summed E-state index contributed by atoms with van der Waals surface area (Å²) in [4.78, 5) is 46.6. The molecule has 0 aliphatic carbocycles. The zero-order valence-corrected chi connectivity index (χ0v) is 23.7. The summed E-state index contributed by atoms with van der Waals surface area (Å²) in [5, 5.41) is 14.6. The third-order valence-corrected chi connectivity index (χ3v) is 7.65. The van der Waals surface area contributed by atoms with Gasteiger partial charge in [-0.1, -0.05) is 68.4 Å². The number of amides is 2. The van der Waals surface area contributed by atoms with Crippen molar-refractivity contribution in [2.45, 2.75) is 38.8 Å². The summed E-state index contributed by atoms with van der Waals surface area (Å²) >= 11 is 0. The van der Waals surface area contributed by atoms with Crippen molar-refractivity contribution in [2.75, 3.05) is 13.7 Å². The summed E-state index contributed by atoms with van der Waals surface area (Å²) in [7, 11) is 1.27. The number of alkyl carbamates (subject to hydrolysis) is 1. The van der Waals surface area contributed by atoms with E-state index < -0.39 is 12.1 Å². The maximum Gasteiger partial charge on any atom is 0.407 e. The van der Waals surface area contributed by atoms with Crippen LogP contribution in [0.3, 0.4) is 0 Å². The molecule has 42 heavy (non-hydrogen) atoms. The first kappa shape index (κ1) is 28.5. The summed E-state index contributed by atoms with van der Waals surface area (Å²) in [6, 6.07) is 21.6. The minimum absolute atomic E-state index is 0.0105. The largest absolute Gasteiger partial charge is 0.453 e. The number of carbonyl (C=O) groups is 2. The standard InChI is InChI=1S/C32H33N5O5/c1-20(2)29(35-32(39)42-3)31(38)36-17-7-10-28(36)30-33-19-26(34-30)24-15-16-27(37(40)41)25(18-24)23-13-11-22(12-14-23)21-8-5-4-6-9-21/h4-6,8-9,11-16,18-20,28-29H,7,10,17H2,1-3H3,(H,33,34)(H,35,39)/t28-,29-/m0/s1. The van der Waals surface area contributed by atoms with Crippen molar-refractivity contribution in [3.63, 3.8) is 0 Å². The molecule has 0 bridgehead atoms. The van der Waals surface area contributed by atoms with E-state index in [-0.39, 0.29) is 28.5 Å². The molecule has 2 atom stereocenters. The Morgan fingerprint density at radius 2 is 1.69 bits per heavy atom. The Morgan fingerprint density at radius 1 is 1.02 bits per heavy atom. The first-order chi connectivity index (χ1) is 20.3. The lowest BCUT2D eigenvalue weighted by molar-refractivity contribution is -0.384. The molecule has 0 spiro atoms. The van der Waals surface area contributed by atoms with Gasteiger partial charge in [0, 0.05) is 18.2 Å². The van der Waals surface area contributed by atoms with Crippen LogP contribution in [0.2, 0.25) is 0 Å². The van der Waals surface area contributed by atoms with E-state index in [0.29, 0.717) is 23.6 Å². The van der Waals surface area contributed by atoms with Gasteiger partial charge < -0.3 is 19.9 Å². The maximum atomic E-state index is 13.5. The predicted octanol–water partition coefficient (Wildman–Crippen LogP) is 6.36. The van der Waals surface area contributed by atoms with Crippen molar-refractivity contribution in [3.05, 3.63) is 94.9 Å². The molecule has 10 nitrogen and oxygen atoms in total. The average Bonchev–Trinajstić information content (AvgIpc) is 3.70. The number of hydrogen-bond acceptors (Lipinski definition) is 6. The maximum absolute atomic E-state index is 13.5. The van der Waals surface area contributed by atoms with Crippen LogP contribution in [0.25, 0.3) is 33.5 Å². The van der Waals surface area contributed by atoms with Crippen LogP contribution in [0.15, 0.2) is 79.0 Å². The zero-order chi connectivity index (χ0) is 29.8. The Labute approximate surface area is 243 Å². The van der Waals surface area contributed by atoms with E-state index in [9.17, 15) is 19.7 Å². The molecule has 2 N–H and O–H groups in total. The van der Waals surface area contributed by atoms with Crippen LogP contribution in [-0.4, -0.2) is 51.5 Å². The smallest absolute Gasteiger partial charge is 0.407 e. The number of nitro groups is 1. The topological polar surface area (TPSA) is 130 Å². The molecule has 4 aromatic rings. The van der Waals surface area contributed by atoms with E-state index in [1.807, 2.05) is 68.4 Å². The van der Waals surface area contributed by atoms with Crippen LogP contribution >= 0.6 is 0 Å². The molecule has 2 amide bonds. The number of nitro benzene ring substituents is 1. The molecule has 2 heterocycles. The number of H-pyrrole nitrogens is 1. The summed E-state index contributed by atoms with van der Waals surface area (Å²) in [5.74, 6) is 0.307. The first-order valence-electron chi connectivity index (χ1n) is 13.9. The first-order valence-corrected chi connectivity index (χ1v) is 13.9. The van der Waals surface area contributed by atoms with Gasteiger partial charge in [0.05, 0.1) is 35.5 Å². The van der Waals surface area contributed by atoms with Crippen LogP contribution in [-0.2, 0) is 9.53 Å². The van der Waals surface area contributed by atoms with Crippen LogP contribution in [0.1, 0.15) is 38.6 Å². The number of methoxy groups -OCH3 is 1. The molecule has 1 aromatic heterocycles. The summed E-state index contributed by atoms with van der Waals surface area (Å²) < 4.78 is 4.72. The molecular formula is C32H33N5O5. The van der Waals surface area contributed by atoms with Crippen molar-refractivity contribution in [1.82, 2.24) is 20.2 Å². The molecule has 216 valence electrons. The van der Waals surface area contributed by atoms with Gasteiger partial charge in [-0.3, -0.25) is 14.9 Å². The third-order valence-electron chi connectivity index (χ3n) is 7.65. The Bertz CT molecular complexity index is 1580. The van der Waals surface area contributed by atoms with Gasteiger partial charge in [0.2, 0.25) is 5.91 Å². The highest BCUT2D eigenvalue weighted by Gasteiger charge is 2.37. The average molecular weight is 568 g/mol. The number of benzene rings is 3. The lowest BCUT2D eigenvalue weighted by Gasteiger charge is -2.30.